The molecule has 53 heavy (non-hydrogen) atoms. The van der Waals surface area contributed by atoms with Crippen LogP contribution in [0.4, 0.5) is 0 Å². The maximum absolute atomic E-state index is 12.6. The van der Waals surface area contributed by atoms with Crippen LogP contribution in [0.5, 0.6) is 0 Å². The van der Waals surface area contributed by atoms with Crippen molar-refractivity contribution in [3.8, 4) is 0 Å². The third-order valence-corrected chi connectivity index (χ3v) is 8.95. The Balaban J connectivity index is 4.56. The summed E-state index contributed by atoms with van der Waals surface area (Å²) in [4.78, 5) is 49.0. The molecule has 0 aliphatic carbocycles. The monoisotopic (exact) mass is 765 g/mol. The Kier molecular flexibility index (Phi) is 32.2. The van der Waals surface area contributed by atoms with Crippen molar-refractivity contribution in [3.05, 3.63) is 60.8 Å². The van der Waals surface area contributed by atoms with Crippen molar-refractivity contribution in [1.29, 1.82) is 0 Å². The molecule has 0 aromatic heterocycles. The number of ether oxygens (including phenoxy) is 2. The molecule has 10 nitrogen and oxygen atoms in total. The van der Waals surface area contributed by atoms with Crippen LogP contribution in [0.2, 0.25) is 0 Å². The van der Waals surface area contributed by atoms with Crippen molar-refractivity contribution in [1.82, 2.24) is 0 Å². The molecular weight excluding hydrogens is 693 g/mol. The van der Waals surface area contributed by atoms with E-state index in [0.717, 1.165) is 70.6 Å². The lowest BCUT2D eigenvalue weighted by molar-refractivity contribution is -0.870. The van der Waals surface area contributed by atoms with E-state index < -0.39 is 32.5 Å². The van der Waals surface area contributed by atoms with Gasteiger partial charge in [0.1, 0.15) is 19.8 Å². The topological polar surface area (TPSA) is 128 Å². The van der Waals surface area contributed by atoms with Gasteiger partial charge >= 0.3 is 11.9 Å². The Morgan fingerprint density at radius 3 is 1.94 bits per heavy atom. The first-order chi connectivity index (χ1) is 25.4. The second-order valence-electron chi connectivity index (χ2n) is 14.3. The van der Waals surface area contributed by atoms with E-state index in [1.54, 1.807) is 12.2 Å². The van der Waals surface area contributed by atoms with Gasteiger partial charge in [-0.3, -0.25) is 18.9 Å². The quantitative estimate of drug-likeness (QED) is 0.0118. The van der Waals surface area contributed by atoms with Crippen molar-refractivity contribution >= 4 is 25.5 Å². The predicted molar refractivity (Wildman–Crippen MR) is 213 cm³/mol. The van der Waals surface area contributed by atoms with Crippen LogP contribution in [0.15, 0.2) is 60.8 Å². The van der Waals surface area contributed by atoms with Gasteiger partial charge in [-0.25, -0.2) is 0 Å². The standard InChI is InChI=1S/C42H72NO9P/c1-6-8-10-11-12-13-15-20-23-26-30-34-42(46)52-40(38-51-53(47,48)50-36-35-43(3,4)5)37-49-41(45)33-29-25-22-19-17-14-16-18-21-24-28-32-39(44)31-27-9-7-2/h11-12,14,16,19,21-22,24,28,32,40H,6-10,13,15,17-18,20,23,25-27,29-31,33-38H2,1-5H3/b12-11-,16-14-,22-19-,24-21-,32-28+/t40-/m1/s1. The smallest absolute Gasteiger partial charge is 0.306 e. The maximum Gasteiger partial charge on any atom is 0.306 e. The summed E-state index contributed by atoms with van der Waals surface area (Å²) in [5.41, 5.74) is 0. The van der Waals surface area contributed by atoms with E-state index in [-0.39, 0.29) is 31.8 Å². The van der Waals surface area contributed by atoms with Gasteiger partial charge in [-0.1, -0.05) is 113 Å². The number of unbranched alkanes of at least 4 members (excludes halogenated alkanes) is 10. The zero-order chi connectivity index (χ0) is 39.5. The summed E-state index contributed by atoms with van der Waals surface area (Å²) in [5.74, 6) is -0.787. The highest BCUT2D eigenvalue weighted by atomic mass is 31.2. The first-order valence-corrected chi connectivity index (χ1v) is 21.4. The Morgan fingerprint density at radius 1 is 0.642 bits per heavy atom. The number of phosphoric ester groups is 1. The highest BCUT2D eigenvalue weighted by Crippen LogP contribution is 2.38. The van der Waals surface area contributed by atoms with Gasteiger partial charge in [0, 0.05) is 19.3 Å². The molecule has 2 atom stereocenters. The molecule has 0 saturated carbocycles. The molecular formula is C42H72NO9P. The zero-order valence-electron chi connectivity index (χ0n) is 33.7. The van der Waals surface area contributed by atoms with Gasteiger partial charge in [-0.15, -0.1) is 0 Å². The van der Waals surface area contributed by atoms with Crippen LogP contribution in [0.3, 0.4) is 0 Å². The van der Waals surface area contributed by atoms with Crippen molar-refractivity contribution in [2.75, 3.05) is 47.5 Å². The molecule has 0 saturated heterocycles. The normalized spacial score (nSPS) is 14.2. The number of allylic oxidation sites excluding steroid dienone is 10. The maximum atomic E-state index is 12.6. The molecule has 0 heterocycles. The van der Waals surface area contributed by atoms with E-state index in [4.69, 9.17) is 18.5 Å². The number of carbonyl (C=O) groups is 3. The van der Waals surface area contributed by atoms with Gasteiger partial charge in [-0.05, 0) is 63.9 Å². The number of likely N-dealkylation sites (N-methyl/N-ethyl adjacent to an activating group) is 1. The van der Waals surface area contributed by atoms with Gasteiger partial charge in [0.05, 0.1) is 27.7 Å². The van der Waals surface area contributed by atoms with E-state index in [2.05, 4.69) is 38.2 Å². The first kappa shape index (κ1) is 50.4. The largest absolute Gasteiger partial charge is 0.756 e. The fourth-order valence-corrected chi connectivity index (χ4v) is 5.49. The molecule has 0 radical (unpaired) electrons. The lowest BCUT2D eigenvalue weighted by Crippen LogP contribution is -2.37. The van der Waals surface area contributed by atoms with Gasteiger partial charge in [0.15, 0.2) is 11.9 Å². The average molecular weight is 766 g/mol. The second-order valence-corrected chi connectivity index (χ2v) is 15.7. The molecule has 0 bridgehead atoms. The van der Waals surface area contributed by atoms with Crippen LogP contribution < -0.4 is 4.89 Å². The lowest BCUT2D eigenvalue weighted by atomic mass is 10.1. The number of hydrogen-bond acceptors (Lipinski definition) is 9. The van der Waals surface area contributed by atoms with Gasteiger partial charge < -0.3 is 27.9 Å². The molecule has 0 spiro atoms. The lowest BCUT2D eigenvalue weighted by Gasteiger charge is -2.28. The molecule has 0 aromatic carbocycles. The third kappa shape index (κ3) is 37.5. The number of carbonyl (C=O) groups excluding carboxylic acids is 3. The third-order valence-electron chi connectivity index (χ3n) is 7.99. The molecule has 0 N–H and O–H groups in total. The fourth-order valence-electron chi connectivity index (χ4n) is 4.76. The minimum absolute atomic E-state index is 0.0534. The number of hydrogen-bond donors (Lipinski definition) is 0. The average Bonchev–Trinajstić information content (AvgIpc) is 3.09. The van der Waals surface area contributed by atoms with Gasteiger partial charge in [0.2, 0.25) is 0 Å². The highest BCUT2D eigenvalue weighted by molar-refractivity contribution is 7.45. The van der Waals surface area contributed by atoms with Gasteiger partial charge in [-0.2, -0.15) is 0 Å². The SMILES string of the molecule is CCCC/C=C\CCCCCCCC(=O)O[C@H](COC(=O)CCC/C=C\C/C=C\C/C=C\C=C\C(=O)CCCCC)COP(=O)([O-])OCC[N+](C)(C)C. The predicted octanol–water partition coefficient (Wildman–Crippen LogP) is 9.45. The number of esters is 2. The van der Waals surface area contributed by atoms with Crippen LogP contribution in [-0.4, -0.2) is 75.8 Å². The number of phosphoric acid groups is 1. The minimum Gasteiger partial charge on any atom is -0.756 e. The first-order valence-electron chi connectivity index (χ1n) is 19.9. The number of quaternary nitrogens is 1. The zero-order valence-corrected chi connectivity index (χ0v) is 34.6. The minimum atomic E-state index is -4.65. The van der Waals surface area contributed by atoms with Crippen LogP contribution >= 0.6 is 7.82 Å². The van der Waals surface area contributed by atoms with E-state index in [9.17, 15) is 23.8 Å². The van der Waals surface area contributed by atoms with Crippen LogP contribution in [0.1, 0.15) is 136 Å². The van der Waals surface area contributed by atoms with Crippen molar-refractivity contribution in [2.24, 2.45) is 0 Å². The number of ketones is 1. The van der Waals surface area contributed by atoms with Crippen LogP contribution in [-0.2, 0) is 37.5 Å². The van der Waals surface area contributed by atoms with E-state index in [1.165, 1.54) is 12.8 Å². The van der Waals surface area contributed by atoms with Crippen LogP contribution in [0, 0.1) is 0 Å². The summed E-state index contributed by atoms with van der Waals surface area (Å²) < 4.78 is 33.6. The Hall–Kier alpha value is -2.62. The number of nitrogens with zero attached hydrogens (tertiary/aromatic N) is 1. The molecule has 0 amide bonds. The molecule has 1 unspecified atom stereocenters. The van der Waals surface area contributed by atoms with E-state index in [0.29, 0.717) is 36.7 Å². The van der Waals surface area contributed by atoms with Crippen molar-refractivity contribution < 1.29 is 46.8 Å². The summed E-state index contributed by atoms with van der Waals surface area (Å²) in [7, 11) is 1.08. The molecule has 0 aliphatic rings. The summed E-state index contributed by atoms with van der Waals surface area (Å²) in [6, 6.07) is 0. The molecule has 0 aliphatic heterocycles. The fraction of sp³-hybridized carbons (Fsp3) is 0.690. The van der Waals surface area contributed by atoms with E-state index in [1.807, 2.05) is 45.4 Å². The number of rotatable bonds is 35. The van der Waals surface area contributed by atoms with Gasteiger partial charge in [0.25, 0.3) is 7.82 Å². The summed E-state index contributed by atoms with van der Waals surface area (Å²) in [5, 5.41) is 0. The summed E-state index contributed by atoms with van der Waals surface area (Å²) >= 11 is 0. The van der Waals surface area contributed by atoms with Crippen LogP contribution in [0.25, 0.3) is 0 Å². The summed E-state index contributed by atoms with van der Waals surface area (Å²) in [6.07, 6.45) is 35.3. The second kappa shape index (κ2) is 33.9. The Labute approximate surface area is 322 Å². The van der Waals surface area contributed by atoms with Crippen molar-refractivity contribution in [3.63, 3.8) is 0 Å². The van der Waals surface area contributed by atoms with Crippen molar-refractivity contribution in [2.45, 2.75) is 142 Å². The molecule has 0 fully saturated rings. The summed E-state index contributed by atoms with van der Waals surface area (Å²) in [6.45, 7) is 3.90. The Bertz CT molecular complexity index is 1150. The molecule has 0 aromatic rings. The van der Waals surface area contributed by atoms with E-state index >= 15 is 0 Å². The molecule has 11 heteroatoms. The highest BCUT2D eigenvalue weighted by Gasteiger charge is 2.21. The Morgan fingerprint density at radius 2 is 1.23 bits per heavy atom. The molecule has 304 valence electrons. The molecule has 0 rings (SSSR count).